The van der Waals surface area contributed by atoms with Crippen LogP contribution in [0.1, 0.15) is 23.3 Å². The third-order valence-corrected chi connectivity index (χ3v) is 4.69. The Kier molecular flexibility index (Phi) is 6.03. The summed E-state index contributed by atoms with van der Waals surface area (Å²) >= 11 is 0. The van der Waals surface area contributed by atoms with Gasteiger partial charge in [0.2, 0.25) is 0 Å². The van der Waals surface area contributed by atoms with E-state index in [2.05, 4.69) is 21.8 Å². The Hall–Kier alpha value is -3.23. The Morgan fingerprint density at radius 2 is 1.86 bits per heavy atom. The molecule has 8 heteroatoms. The summed E-state index contributed by atoms with van der Waals surface area (Å²) in [6.45, 7) is 1.40. The molecule has 28 heavy (non-hydrogen) atoms. The number of hydrogen-bond donors (Lipinski definition) is 4. The van der Waals surface area contributed by atoms with Crippen LogP contribution in [0.5, 0.6) is 0 Å². The molecule has 8 N–H and O–H groups in total. The summed E-state index contributed by atoms with van der Waals surface area (Å²) in [7, 11) is 0. The normalized spacial score (nSPS) is 12.1. The van der Waals surface area contributed by atoms with Gasteiger partial charge in [0.15, 0.2) is 0 Å². The summed E-state index contributed by atoms with van der Waals surface area (Å²) in [5, 5.41) is 14.6. The molecule has 2 aromatic carbocycles. The number of aromatic amines is 1. The number of rotatable bonds is 8. The van der Waals surface area contributed by atoms with E-state index in [1.165, 1.54) is 12.1 Å². The number of quaternary nitrogens is 2. The predicted molar refractivity (Wildman–Crippen MR) is 106 cm³/mol. The van der Waals surface area contributed by atoms with Crippen LogP contribution in [0, 0.1) is 10.1 Å². The average Bonchev–Trinajstić information content (AvgIpc) is 3.14. The second-order valence-corrected chi connectivity index (χ2v) is 6.86. The lowest BCUT2D eigenvalue weighted by Gasteiger charge is -2.08. The molecule has 8 nitrogen and oxygen atoms in total. The average molecular weight is 383 g/mol. The monoisotopic (exact) mass is 383 g/mol. The summed E-state index contributed by atoms with van der Waals surface area (Å²) in [6.07, 6.45) is 1.94. The molecule has 146 valence electrons. The molecule has 0 saturated heterocycles. The number of hydrogen-bond acceptors (Lipinski definition) is 3. The van der Waals surface area contributed by atoms with E-state index in [9.17, 15) is 14.9 Å². The van der Waals surface area contributed by atoms with Gasteiger partial charge in [-0.2, -0.15) is 0 Å². The zero-order valence-corrected chi connectivity index (χ0v) is 15.6. The predicted octanol–water partition coefficient (Wildman–Crippen LogP) is 1.11. The maximum absolute atomic E-state index is 12.4. The molecule has 0 saturated carbocycles. The molecule has 1 heterocycles. The Labute approximate surface area is 162 Å². The van der Waals surface area contributed by atoms with Crippen molar-refractivity contribution in [3.8, 4) is 11.1 Å². The number of nitro groups is 1. The van der Waals surface area contributed by atoms with E-state index in [0.717, 1.165) is 41.4 Å². The first-order chi connectivity index (χ1) is 13.5. The van der Waals surface area contributed by atoms with E-state index < -0.39 is 4.92 Å². The molecule has 0 aliphatic rings. The van der Waals surface area contributed by atoms with Crippen LogP contribution < -0.4 is 16.8 Å². The number of benzene rings is 2. The third kappa shape index (κ3) is 4.54. The molecule has 1 amide bonds. The number of non-ortho nitro benzene ring substituents is 1. The lowest BCUT2D eigenvalue weighted by molar-refractivity contribution is -0.423. The molecule has 3 aromatic rings. The van der Waals surface area contributed by atoms with Crippen molar-refractivity contribution < 1.29 is 21.2 Å². The summed E-state index contributed by atoms with van der Waals surface area (Å²) in [5.41, 5.74) is 11.1. The quantitative estimate of drug-likeness (QED) is 0.341. The fraction of sp³-hybridized carbons (Fsp3) is 0.250. The molecule has 0 aliphatic heterocycles. The molecule has 0 unspecified atom stereocenters. The van der Waals surface area contributed by atoms with Crippen molar-refractivity contribution in [3.05, 3.63) is 64.3 Å². The molecular weight excluding hydrogens is 358 g/mol. The van der Waals surface area contributed by atoms with Crippen molar-refractivity contribution in [2.45, 2.75) is 18.9 Å². The van der Waals surface area contributed by atoms with Crippen molar-refractivity contribution >= 4 is 22.5 Å². The molecule has 0 aliphatic carbocycles. The summed E-state index contributed by atoms with van der Waals surface area (Å²) in [5.74, 6) is -0.156. The summed E-state index contributed by atoms with van der Waals surface area (Å²) < 4.78 is 0. The number of nitrogens with zero attached hydrogens (tertiary/aromatic N) is 1. The van der Waals surface area contributed by atoms with Gasteiger partial charge >= 0.3 is 0 Å². The Balaban J connectivity index is 1.73. The van der Waals surface area contributed by atoms with E-state index in [4.69, 9.17) is 0 Å². The topological polar surface area (TPSA) is 143 Å². The first-order valence-corrected chi connectivity index (χ1v) is 9.26. The van der Waals surface area contributed by atoms with Crippen molar-refractivity contribution in [1.29, 1.82) is 0 Å². The Morgan fingerprint density at radius 1 is 1.14 bits per heavy atom. The highest BCUT2D eigenvalue weighted by Gasteiger charge is 2.13. The molecule has 1 atom stereocenters. The van der Waals surface area contributed by atoms with Crippen LogP contribution in [-0.4, -0.2) is 34.9 Å². The molecule has 1 aromatic heterocycles. The van der Waals surface area contributed by atoms with Crippen LogP contribution in [0.2, 0.25) is 0 Å². The van der Waals surface area contributed by atoms with E-state index in [1.807, 2.05) is 24.3 Å². The minimum absolute atomic E-state index is 0.0579. The van der Waals surface area contributed by atoms with Gasteiger partial charge in [0.1, 0.15) is 11.7 Å². The van der Waals surface area contributed by atoms with Gasteiger partial charge in [0, 0.05) is 35.9 Å². The molecule has 3 rings (SSSR count). The largest absolute Gasteiger partial charge is 0.358 e. The van der Waals surface area contributed by atoms with Crippen LogP contribution in [0.25, 0.3) is 22.0 Å². The third-order valence-electron chi connectivity index (χ3n) is 4.69. The lowest BCUT2D eigenvalue weighted by atomic mass is 10.0. The molecule has 0 bridgehead atoms. The smallest absolute Gasteiger partial charge is 0.269 e. The number of carbonyl (C=O) groups excluding carboxylic acids is 1. The SMILES string of the molecule is [NH3+]CCC[C@H]([NH3+])CNC(=O)c1cc2ccc(-c3ccc([N+](=O)[O-])cc3)cc2[nH]1. The highest BCUT2D eigenvalue weighted by Crippen LogP contribution is 2.26. The highest BCUT2D eigenvalue weighted by molar-refractivity contribution is 5.98. The number of amides is 1. The van der Waals surface area contributed by atoms with Crippen LogP contribution in [0.15, 0.2) is 48.5 Å². The van der Waals surface area contributed by atoms with Crippen LogP contribution >= 0.6 is 0 Å². The second kappa shape index (κ2) is 8.64. The zero-order valence-electron chi connectivity index (χ0n) is 15.6. The number of aromatic nitrogens is 1. The van der Waals surface area contributed by atoms with E-state index in [-0.39, 0.29) is 17.6 Å². The van der Waals surface area contributed by atoms with Gasteiger partial charge in [-0.15, -0.1) is 0 Å². The van der Waals surface area contributed by atoms with Gasteiger partial charge in [-0.3, -0.25) is 14.9 Å². The molecular formula is C20H25N5O3+2. The highest BCUT2D eigenvalue weighted by atomic mass is 16.6. The maximum Gasteiger partial charge on any atom is 0.269 e. The van der Waals surface area contributed by atoms with E-state index in [1.54, 1.807) is 12.1 Å². The lowest BCUT2D eigenvalue weighted by Crippen LogP contribution is -2.65. The summed E-state index contributed by atoms with van der Waals surface area (Å²) in [4.78, 5) is 25.9. The summed E-state index contributed by atoms with van der Waals surface area (Å²) in [6, 6.07) is 14.2. The minimum atomic E-state index is -0.418. The van der Waals surface area contributed by atoms with Gasteiger partial charge < -0.3 is 21.8 Å². The number of carbonyl (C=O) groups is 1. The van der Waals surface area contributed by atoms with E-state index in [0.29, 0.717) is 12.2 Å². The molecule has 0 fully saturated rings. The molecule has 0 spiro atoms. The van der Waals surface area contributed by atoms with Crippen LogP contribution in [0.3, 0.4) is 0 Å². The number of nitro benzene ring substituents is 1. The van der Waals surface area contributed by atoms with Crippen molar-refractivity contribution in [2.24, 2.45) is 0 Å². The zero-order chi connectivity index (χ0) is 20.1. The van der Waals surface area contributed by atoms with Crippen molar-refractivity contribution in [1.82, 2.24) is 10.3 Å². The standard InChI is InChI=1S/C20H23N5O3/c21-9-1-2-16(22)12-23-20(26)19-11-15-4-3-14(10-18(15)24-19)13-5-7-17(8-6-13)25(27)28/h3-8,10-11,16,24H,1-2,9,12,21-22H2,(H,23,26)/p+2/t16-/m0/s1. The number of fused-ring (bicyclic) bond motifs is 1. The van der Waals surface area contributed by atoms with Crippen LogP contribution in [-0.2, 0) is 0 Å². The van der Waals surface area contributed by atoms with Gasteiger partial charge in [0.25, 0.3) is 11.6 Å². The fourth-order valence-electron chi connectivity index (χ4n) is 3.07. The van der Waals surface area contributed by atoms with Crippen molar-refractivity contribution in [2.75, 3.05) is 13.1 Å². The van der Waals surface area contributed by atoms with Gasteiger partial charge in [-0.1, -0.05) is 12.1 Å². The second-order valence-electron chi connectivity index (χ2n) is 6.86. The number of H-pyrrole nitrogens is 1. The first kappa shape index (κ1) is 19.5. The Morgan fingerprint density at radius 3 is 2.54 bits per heavy atom. The van der Waals surface area contributed by atoms with Gasteiger partial charge in [-0.25, -0.2) is 0 Å². The van der Waals surface area contributed by atoms with Crippen molar-refractivity contribution in [3.63, 3.8) is 0 Å². The van der Waals surface area contributed by atoms with Crippen LogP contribution in [0.4, 0.5) is 5.69 Å². The Bertz CT molecular complexity index is 981. The van der Waals surface area contributed by atoms with Gasteiger partial charge in [0.05, 0.1) is 18.0 Å². The maximum atomic E-state index is 12.4. The van der Waals surface area contributed by atoms with Gasteiger partial charge in [-0.05, 0) is 35.4 Å². The molecule has 0 radical (unpaired) electrons. The fourth-order valence-corrected chi connectivity index (χ4v) is 3.07. The number of nitrogens with one attached hydrogen (secondary N) is 2. The minimum Gasteiger partial charge on any atom is -0.358 e. The first-order valence-electron chi connectivity index (χ1n) is 9.26. The van der Waals surface area contributed by atoms with E-state index >= 15 is 0 Å².